The van der Waals surface area contributed by atoms with Gasteiger partial charge in [0.05, 0.1) is 5.52 Å². The number of rotatable bonds is 2. The van der Waals surface area contributed by atoms with E-state index in [0.717, 1.165) is 36.0 Å². The molecule has 1 fully saturated rings. The number of fused-ring (bicyclic) bond motifs is 1. The summed E-state index contributed by atoms with van der Waals surface area (Å²) < 4.78 is 0. The quantitative estimate of drug-likeness (QED) is 0.820. The monoisotopic (exact) mass is 240 g/mol. The summed E-state index contributed by atoms with van der Waals surface area (Å²) >= 11 is 0. The number of hydrogen-bond donors (Lipinski definition) is 1. The first-order valence-corrected chi connectivity index (χ1v) is 6.29. The van der Waals surface area contributed by atoms with Crippen LogP contribution in [0, 0.1) is 5.41 Å². The zero-order valence-electron chi connectivity index (χ0n) is 10.4. The lowest BCUT2D eigenvalue weighted by atomic mass is 9.81. The molecule has 0 spiro atoms. The van der Waals surface area contributed by atoms with E-state index in [1.807, 2.05) is 37.3 Å². The molecule has 2 heterocycles. The van der Waals surface area contributed by atoms with E-state index >= 15 is 0 Å². The van der Waals surface area contributed by atoms with Crippen molar-refractivity contribution in [1.29, 1.82) is 0 Å². The normalized spacial score (nSPS) is 23.4. The molecule has 1 atom stereocenters. The van der Waals surface area contributed by atoms with Crippen LogP contribution in [0.15, 0.2) is 36.5 Å². The van der Waals surface area contributed by atoms with Gasteiger partial charge in [-0.1, -0.05) is 13.0 Å². The molecule has 2 aromatic rings. The average molecular weight is 240 g/mol. The first kappa shape index (κ1) is 11.4. The minimum absolute atomic E-state index is 0.234. The SMILES string of the molecule is CC1(C(=O)c2ccc3ncccc3c2)CCNC1. The number of nitrogens with one attached hydrogen (secondary N) is 1. The predicted octanol–water partition coefficient (Wildman–Crippen LogP) is 2.42. The van der Waals surface area contributed by atoms with E-state index < -0.39 is 0 Å². The highest BCUT2D eigenvalue weighted by atomic mass is 16.1. The van der Waals surface area contributed by atoms with E-state index in [-0.39, 0.29) is 11.2 Å². The molecular formula is C15H16N2O. The standard InChI is InChI=1S/C15H16N2O/c1-15(6-8-16-10-15)14(18)12-4-5-13-11(9-12)3-2-7-17-13/h2-5,7,9,16H,6,8,10H2,1H3. The fraction of sp³-hybridized carbons (Fsp3) is 0.333. The third kappa shape index (κ3) is 1.81. The second-order valence-electron chi connectivity index (χ2n) is 5.23. The van der Waals surface area contributed by atoms with Crippen LogP contribution >= 0.6 is 0 Å². The van der Waals surface area contributed by atoms with E-state index in [1.165, 1.54) is 0 Å². The zero-order chi connectivity index (χ0) is 12.6. The zero-order valence-corrected chi connectivity index (χ0v) is 10.4. The fourth-order valence-electron chi connectivity index (χ4n) is 2.58. The van der Waals surface area contributed by atoms with Crippen molar-refractivity contribution in [1.82, 2.24) is 10.3 Å². The average Bonchev–Trinajstić information content (AvgIpc) is 2.85. The van der Waals surface area contributed by atoms with Crippen LogP contribution in [0.5, 0.6) is 0 Å². The maximum atomic E-state index is 12.6. The van der Waals surface area contributed by atoms with Gasteiger partial charge in [0, 0.05) is 29.1 Å². The predicted molar refractivity (Wildman–Crippen MR) is 71.7 cm³/mol. The number of aromatic nitrogens is 1. The number of carbonyl (C=O) groups is 1. The summed E-state index contributed by atoms with van der Waals surface area (Å²) in [5, 5.41) is 4.29. The summed E-state index contributed by atoms with van der Waals surface area (Å²) in [6.07, 6.45) is 2.68. The molecule has 3 rings (SSSR count). The molecule has 0 saturated carbocycles. The first-order valence-electron chi connectivity index (χ1n) is 6.29. The Bertz CT molecular complexity index is 600. The van der Waals surface area contributed by atoms with Gasteiger partial charge in [-0.05, 0) is 37.2 Å². The Morgan fingerprint density at radius 1 is 1.39 bits per heavy atom. The second-order valence-corrected chi connectivity index (χ2v) is 5.23. The highest BCUT2D eigenvalue weighted by Gasteiger charge is 2.36. The van der Waals surface area contributed by atoms with E-state index in [9.17, 15) is 4.79 Å². The Hall–Kier alpha value is -1.74. The van der Waals surface area contributed by atoms with Crippen LogP contribution < -0.4 is 5.32 Å². The molecule has 1 saturated heterocycles. The Balaban J connectivity index is 2.01. The Labute approximate surface area is 106 Å². The lowest BCUT2D eigenvalue weighted by molar-refractivity contribution is 0.0839. The molecule has 3 heteroatoms. The van der Waals surface area contributed by atoms with E-state index in [0.29, 0.717) is 0 Å². The third-order valence-corrected chi connectivity index (χ3v) is 3.78. The number of hydrogen-bond acceptors (Lipinski definition) is 3. The minimum Gasteiger partial charge on any atom is -0.316 e. The van der Waals surface area contributed by atoms with Gasteiger partial charge in [0.2, 0.25) is 0 Å². The molecule has 0 radical (unpaired) electrons. The summed E-state index contributed by atoms with van der Waals surface area (Å²) in [6.45, 7) is 3.75. The molecule has 1 aliphatic rings. The topological polar surface area (TPSA) is 42.0 Å². The molecule has 92 valence electrons. The van der Waals surface area contributed by atoms with Crippen LogP contribution in [-0.2, 0) is 0 Å². The Kier molecular flexibility index (Phi) is 2.63. The summed E-state index contributed by atoms with van der Waals surface area (Å²) in [6, 6.07) is 9.66. The number of benzene rings is 1. The molecular weight excluding hydrogens is 224 g/mol. The van der Waals surface area contributed by atoms with Crippen molar-refractivity contribution in [2.24, 2.45) is 5.41 Å². The van der Waals surface area contributed by atoms with Gasteiger partial charge < -0.3 is 5.32 Å². The van der Waals surface area contributed by atoms with Gasteiger partial charge in [0.15, 0.2) is 5.78 Å². The van der Waals surface area contributed by atoms with Gasteiger partial charge in [-0.15, -0.1) is 0 Å². The number of nitrogens with zero attached hydrogens (tertiary/aromatic N) is 1. The van der Waals surface area contributed by atoms with Gasteiger partial charge in [-0.2, -0.15) is 0 Å². The maximum Gasteiger partial charge on any atom is 0.170 e. The molecule has 18 heavy (non-hydrogen) atoms. The summed E-state index contributed by atoms with van der Waals surface area (Å²) in [5.74, 6) is 0.234. The van der Waals surface area contributed by atoms with Gasteiger partial charge in [0.1, 0.15) is 0 Å². The van der Waals surface area contributed by atoms with Gasteiger partial charge in [-0.3, -0.25) is 9.78 Å². The first-order chi connectivity index (χ1) is 8.69. The molecule has 1 aromatic heterocycles. The van der Waals surface area contributed by atoms with Gasteiger partial charge in [-0.25, -0.2) is 0 Å². The minimum atomic E-state index is -0.254. The molecule has 1 N–H and O–H groups in total. The molecule has 1 aliphatic heterocycles. The van der Waals surface area contributed by atoms with Crippen molar-refractivity contribution in [3.8, 4) is 0 Å². The third-order valence-electron chi connectivity index (χ3n) is 3.78. The lowest BCUT2D eigenvalue weighted by Crippen LogP contribution is -2.30. The van der Waals surface area contributed by atoms with Crippen LogP contribution in [0.4, 0.5) is 0 Å². The van der Waals surface area contributed by atoms with Gasteiger partial charge in [0.25, 0.3) is 0 Å². The summed E-state index contributed by atoms with van der Waals surface area (Å²) in [4.78, 5) is 16.8. The second kappa shape index (κ2) is 4.18. The Morgan fingerprint density at radius 2 is 2.28 bits per heavy atom. The molecule has 0 aliphatic carbocycles. The molecule has 0 bridgehead atoms. The Morgan fingerprint density at radius 3 is 3.06 bits per heavy atom. The molecule has 1 aromatic carbocycles. The van der Waals surface area contributed by atoms with E-state index in [2.05, 4.69) is 10.3 Å². The fourth-order valence-corrected chi connectivity index (χ4v) is 2.58. The van der Waals surface area contributed by atoms with Crippen LogP contribution in [0.2, 0.25) is 0 Å². The molecule has 0 amide bonds. The number of carbonyl (C=O) groups excluding carboxylic acids is 1. The highest BCUT2D eigenvalue weighted by molar-refractivity contribution is 6.03. The smallest absolute Gasteiger partial charge is 0.170 e. The van der Waals surface area contributed by atoms with Crippen LogP contribution in [-0.4, -0.2) is 23.9 Å². The van der Waals surface area contributed by atoms with E-state index in [1.54, 1.807) is 6.20 Å². The van der Waals surface area contributed by atoms with Crippen molar-refractivity contribution in [2.45, 2.75) is 13.3 Å². The van der Waals surface area contributed by atoms with Crippen LogP contribution in [0.3, 0.4) is 0 Å². The van der Waals surface area contributed by atoms with Gasteiger partial charge >= 0.3 is 0 Å². The van der Waals surface area contributed by atoms with E-state index in [4.69, 9.17) is 0 Å². The molecule has 1 unspecified atom stereocenters. The van der Waals surface area contributed by atoms with Crippen molar-refractivity contribution < 1.29 is 4.79 Å². The molecule has 3 nitrogen and oxygen atoms in total. The number of ketones is 1. The van der Waals surface area contributed by atoms with Crippen molar-refractivity contribution >= 4 is 16.7 Å². The number of pyridine rings is 1. The van der Waals surface area contributed by atoms with Crippen LogP contribution in [0.25, 0.3) is 10.9 Å². The largest absolute Gasteiger partial charge is 0.316 e. The van der Waals surface area contributed by atoms with Crippen molar-refractivity contribution in [3.63, 3.8) is 0 Å². The highest BCUT2D eigenvalue weighted by Crippen LogP contribution is 2.30. The summed E-state index contributed by atoms with van der Waals surface area (Å²) in [5.41, 5.74) is 1.47. The summed E-state index contributed by atoms with van der Waals surface area (Å²) in [7, 11) is 0. The lowest BCUT2D eigenvalue weighted by Gasteiger charge is -2.20. The number of Topliss-reactive ketones (excluding diaryl/α,β-unsaturated/α-hetero) is 1. The van der Waals surface area contributed by atoms with Crippen molar-refractivity contribution in [3.05, 3.63) is 42.1 Å². The maximum absolute atomic E-state index is 12.6. The van der Waals surface area contributed by atoms with Crippen molar-refractivity contribution in [2.75, 3.05) is 13.1 Å². The van der Waals surface area contributed by atoms with Crippen LogP contribution in [0.1, 0.15) is 23.7 Å².